The molecule has 1 aromatic heterocycles. The van der Waals surface area contributed by atoms with Gasteiger partial charge in [-0.3, -0.25) is 4.79 Å². The van der Waals surface area contributed by atoms with E-state index in [4.69, 9.17) is 4.74 Å². The van der Waals surface area contributed by atoms with E-state index in [1.807, 2.05) is 12.3 Å². The summed E-state index contributed by atoms with van der Waals surface area (Å²) in [5.74, 6) is 0.0402. The maximum atomic E-state index is 11.6. The van der Waals surface area contributed by atoms with Crippen molar-refractivity contribution in [1.82, 2.24) is 10.3 Å². The quantitative estimate of drug-likeness (QED) is 0.859. The Balaban J connectivity index is 1.76. The Bertz CT molecular complexity index is 385. The second kappa shape index (κ2) is 4.51. The molecule has 0 radical (unpaired) electrons. The number of nitrogens with one attached hydrogen (secondary N) is 1. The van der Waals surface area contributed by atoms with Crippen LogP contribution in [0.25, 0.3) is 0 Å². The van der Waals surface area contributed by atoms with Crippen LogP contribution in [0.4, 0.5) is 0 Å². The minimum atomic E-state index is 0.0402. The largest absolute Gasteiger partial charge is 0.380 e. The Morgan fingerprint density at radius 2 is 2.44 bits per heavy atom. The first-order valence-corrected chi connectivity index (χ1v) is 6.21. The summed E-state index contributed by atoms with van der Waals surface area (Å²) in [7, 11) is 0. The summed E-state index contributed by atoms with van der Waals surface area (Å²) in [4.78, 5) is 15.9. The Hall–Kier alpha value is -0.940. The molecule has 1 fully saturated rings. The highest BCUT2D eigenvalue weighted by molar-refractivity contribution is 7.09. The molecule has 16 heavy (non-hydrogen) atoms. The predicted octanol–water partition coefficient (Wildman–Crippen LogP) is 1.15. The van der Waals surface area contributed by atoms with Gasteiger partial charge in [0, 0.05) is 17.3 Å². The molecule has 1 aliphatic rings. The van der Waals surface area contributed by atoms with Crippen LogP contribution >= 0.6 is 11.3 Å². The first kappa shape index (κ1) is 11.5. The smallest absolute Gasteiger partial charge is 0.226 e. The molecule has 0 saturated carbocycles. The van der Waals surface area contributed by atoms with Crippen LogP contribution in [0, 0.1) is 12.3 Å². The predicted molar refractivity (Wildman–Crippen MR) is 62.5 cm³/mol. The van der Waals surface area contributed by atoms with Crippen LogP contribution in [-0.2, 0) is 16.0 Å². The molecule has 1 saturated heterocycles. The van der Waals surface area contributed by atoms with Gasteiger partial charge in [0.15, 0.2) is 0 Å². The molecule has 0 atom stereocenters. The first-order valence-electron chi connectivity index (χ1n) is 5.33. The van der Waals surface area contributed by atoms with Gasteiger partial charge in [-0.15, -0.1) is 11.3 Å². The van der Waals surface area contributed by atoms with Gasteiger partial charge >= 0.3 is 0 Å². The maximum absolute atomic E-state index is 11.6. The highest BCUT2D eigenvalue weighted by Gasteiger charge is 2.33. The minimum Gasteiger partial charge on any atom is -0.380 e. The van der Waals surface area contributed by atoms with Gasteiger partial charge in [-0.05, 0) is 6.92 Å². The number of hydrogen-bond donors (Lipinski definition) is 1. The molecule has 0 aromatic carbocycles. The Morgan fingerprint density at radius 1 is 1.69 bits per heavy atom. The van der Waals surface area contributed by atoms with Crippen molar-refractivity contribution in [3.8, 4) is 0 Å². The zero-order chi connectivity index (χ0) is 11.6. The van der Waals surface area contributed by atoms with Gasteiger partial charge in [0.1, 0.15) is 0 Å². The molecule has 2 rings (SSSR count). The molecule has 1 aromatic rings. The van der Waals surface area contributed by atoms with Crippen LogP contribution in [0.2, 0.25) is 0 Å². The van der Waals surface area contributed by atoms with Gasteiger partial charge in [0.05, 0.1) is 30.3 Å². The molecular formula is C11H16N2O2S. The third kappa shape index (κ3) is 2.80. The number of ether oxygens (including phenoxy) is 1. The SMILES string of the molecule is Cc1nc(CC(=O)NCC2(C)COC2)cs1. The second-order valence-electron chi connectivity index (χ2n) is 4.61. The number of thiazole rings is 1. The van der Waals surface area contributed by atoms with Crippen molar-refractivity contribution in [2.24, 2.45) is 5.41 Å². The van der Waals surface area contributed by atoms with Gasteiger partial charge in [-0.1, -0.05) is 6.92 Å². The van der Waals surface area contributed by atoms with Gasteiger partial charge in [0.2, 0.25) is 5.91 Å². The summed E-state index contributed by atoms with van der Waals surface area (Å²) < 4.78 is 5.13. The molecule has 0 aliphatic carbocycles. The lowest BCUT2D eigenvalue weighted by molar-refractivity contribution is -0.126. The van der Waals surface area contributed by atoms with Crippen molar-refractivity contribution in [1.29, 1.82) is 0 Å². The monoisotopic (exact) mass is 240 g/mol. The average Bonchev–Trinajstić information content (AvgIpc) is 2.58. The fraction of sp³-hybridized carbons (Fsp3) is 0.636. The molecule has 5 heteroatoms. The standard InChI is InChI=1S/C11H16N2O2S/c1-8-13-9(4-16-8)3-10(14)12-5-11(2)6-15-7-11/h4H,3,5-7H2,1-2H3,(H,12,14). The third-order valence-corrected chi connectivity index (χ3v) is 3.44. The number of aryl methyl sites for hydroxylation is 1. The number of aromatic nitrogens is 1. The fourth-order valence-electron chi connectivity index (χ4n) is 1.58. The number of carbonyl (C=O) groups is 1. The number of hydrogen-bond acceptors (Lipinski definition) is 4. The summed E-state index contributed by atoms with van der Waals surface area (Å²) in [6.07, 6.45) is 0.376. The van der Waals surface area contributed by atoms with E-state index >= 15 is 0 Å². The molecule has 1 aliphatic heterocycles. The summed E-state index contributed by atoms with van der Waals surface area (Å²) >= 11 is 1.57. The first-order chi connectivity index (χ1) is 7.57. The van der Waals surface area contributed by atoms with Crippen molar-refractivity contribution in [3.63, 3.8) is 0 Å². The molecule has 0 bridgehead atoms. The van der Waals surface area contributed by atoms with E-state index in [1.54, 1.807) is 11.3 Å². The lowest BCUT2D eigenvalue weighted by atomic mass is 9.89. The number of nitrogens with zero attached hydrogens (tertiary/aromatic N) is 1. The fourth-order valence-corrected chi connectivity index (χ4v) is 2.19. The summed E-state index contributed by atoms with van der Waals surface area (Å²) in [6.45, 7) is 6.23. The van der Waals surface area contributed by atoms with Gasteiger partial charge < -0.3 is 10.1 Å². The molecule has 2 heterocycles. The Labute approximate surface area is 99.0 Å². The minimum absolute atomic E-state index is 0.0402. The lowest BCUT2D eigenvalue weighted by Gasteiger charge is -2.38. The van der Waals surface area contributed by atoms with Crippen molar-refractivity contribution in [2.45, 2.75) is 20.3 Å². The molecule has 0 spiro atoms. The van der Waals surface area contributed by atoms with Crippen LogP contribution in [0.1, 0.15) is 17.6 Å². The van der Waals surface area contributed by atoms with Crippen molar-refractivity contribution >= 4 is 17.2 Å². The van der Waals surface area contributed by atoms with E-state index in [9.17, 15) is 4.79 Å². The highest BCUT2D eigenvalue weighted by Crippen LogP contribution is 2.25. The molecule has 1 amide bonds. The van der Waals surface area contributed by atoms with Crippen molar-refractivity contribution in [3.05, 3.63) is 16.1 Å². The number of rotatable bonds is 4. The van der Waals surface area contributed by atoms with Gasteiger partial charge in [0.25, 0.3) is 0 Å². The van der Waals surface area contributed by atoms with Crippen molar-refractivity contribution in [2.75, 3.05) is 19.8 Å². The van der Waals surface area contributed by atoms with E-state index < -0.39 is 0 Å². The Kier molecular flexibility index (Phi) is 3.25. The van der Waals surface area contributed by atoms with Crippen LogP contribution in [0.5, 0.6) is 0 Å². The van der Waals surface area contributed by atoms with E-state index in [-0.39, 0.29) is 11.3 Å². The molecule has 1 N–H and O–H groups in total. The summed E-state index contributed by atoms with van der Waals surface area (Å²) in [6, 6.07) is 0. The maximum Gasteiger partial charge on any atom is 0.226 e. The van der Waals surface area contributed by atoms with Crippen LogP contribution in [0.3, 0.4) is 0 Å². The van der Waals surface area contributed by atoms with Crippen LogP contribution in [0.15, 0.2) is 5.38 Å². The normalized spacial score (nSPS) is 17.9. The Morgan fingerprint density at radius 3 is 2.94 bits per heavy atom. The van der Waals surface area contributed by atoms with E-state index in [1.165, 1.54) is 0 Å². The highest BCUT2D eigenvalue weighted by atomic mass is 32.1. The zero-order valence-corrected chi connectivity index (χ0v) is 10.4. The van der Waals surface area contributed by atoms with Gasteiger partial charge in [-0.25, -0.2) is 4.98 Å². The second-order valence-corrected chi connectivity index (χ2v) is 5.68. The molecular weight excluding hydrogens is 224 g/mol. The molecule has 0 unspecified atom stereocenters. The third-order valence-electron chi connectivity index (χ3n) is 2.62. The van der Waals surface area contributed by atoms with Gasteiger partial charge in [-0.2, -0.15) is 0 Å². The lowest BCUT2D eigenvalue weighted by Crippen LogP contribution is -2.48. The van der Waals surface area contributed by atoms with E-state index in [2.05, 4.69) is 17.2 Å². The molecule has 4 nitrogen and oxygen atoms in total. The zero-order valence-electron chi connectivity index (χ0n) is 9.58. The van der Waals surface area contributed by atoms with E-state index in [0.29, 0.717) is 13.0 Å². The van der Waals surface area contributed by atoms with Crippen LogP contribution in [-0.4, -0.2) is 30.6 Å². The number of carbonyl (C=O) groups excluding carboxylic acids is 1. The summed E-state index contributed by atoms with van der Waals surface area (Å²) in [5, 5.41) is 5.86. The average molecular weight is 240 g/mol. The van der Waals surface area contributed by atoms with Crippen LogP contribution < -0.4 is 5.32 Å². The molecule has 88 valence electrons. The van der Waals surface area contributed by atoms with E-state index in [0.717, 1.165) is 23.9 Å². The van der Waals surface area contributed by atoms with Crippen molar-refractivity contribution < 1.29 is 9.53 Å². The summed E-state index contributed by atoms with van der Waals surface area (Å²) in [5.41, 5.74) is 0.989. The topological polar surface area (TPSA) is 51.2 Å². The number of amides is 1.